The molecule has 0 fully saturated rings. The standard InChI is InChI=1S/C15H20N2O6.ClH/c1-17(6-4-15(19)20)9-14(18)16-5-7-21-11-2-3-12-13(8-11)23-10-22-12;/h2-3,8H,4-7,9-10H2,1H3,(H,16,18)(H,19,20);1H. The predicted octanol–water partition coefficient (Wildman–Crippen LogP) is 0.739. The summed E-state index contributed by atoms with van der Waals surface area (Å²) in [5.74, 6) is 0.922. The number of rotatable bonds is 9. The second kappa shape index (κ2) is 9.84. The van der Waals surface area contributed by atoms with Gasteiger partial charge in [0.1, 0.15) is 12.4 Å². The third-order valence-electron chi connectivity index (χ3n) is 3.16. The number of nitrogens with zero attached hydrogens (tertiary/aromatic N) is 1. The predicted molar refractivity (Wildman–Crippen MR) is 88.1 cm³/mol. The molecule has 8 nitrogen and oxygen atoms in total. The van der Waals surface area contributed by atoms with E-state index in [9.17, 15) is 9.59 Å². The highest BCUT2D eigenvalue weighted by Crippen LogP contribution is 2.34. The van der Waals surface area contributed by atoms with E-state index in [1.54, 1.807) is 30.1 Å². The number of benzene rings is 1. The molecule has 0 atom stereocenters. The fourth-order valence-corrected chi connectivity index (χ4v) is 1.99. The Hall–Kier alpha value is -2.19. The number of hydrogen-bond donors (Lipinski definition) is 2. The second-order valence-electron chi connectivity index (χ2n) is 5.10. The maximum Gasteiger partial charge on any atom is 0.304 e. The lowest BCUT2D eigenvalue weighted by atomic mass is 10.3. The van der Waals surface area contributed by atoms with Gasteiger partial charge in [-0.2, -0.15) is 0 Å². The van der Waals surface area contributed by atoms with Gasteiger partial charge in [0.2, 0.25) is 12.7 Å². The van der Waals surface area contributed by atoms with Crippen molar-refractivity contribution >= 4 is 24.3 Å². The van der Waals surface area contributed by atoms with Crippen LogP contribution in [0.4, 0.5) is 0 Å². The average Bonchev–Trinajstić information content (AvgIpc) is 2.97. The van der Waals surface area contributed by atoms with Gasteiger partial charge in [0.15, 0.2) is 11.5 Å². The number of aliphatic carboxylic acids is 1. The molecule has 0 spiro atoms. The minimum Gasteiger partial charge on any atom is -0.492 e. The number of carboxylic acids is 1. The summed E-state index contributed by atoms with van der Waals surface area (Å²) in [6.07, 6.45) is 0.0109. The molecule has 1 heterocycles. The van der Waals surface area contributed by atoms with Crippen LogP contribution in [0.1, 0.15) is 6.42 Å². The van der Waals surface area contributed by atoms with Crippen molar-refractivity contribution < 1.29 is 28.9 Å². The number of likely N-dealkylation sites (N-methyl/N-ethyl adjacent to an activating group) is 1. The molecule has 1 amide bonds. The Labute approximate surface area is 146 Å². The maximum absolute atomic E-state index is 11.7. The molecule has 1 aromatic rings. The highest BCUT2D eigenvalue weighted by atomic mass is 35.5. The van der Waals surface area contributed by atoms with Crippen LogP contribution in [0.2, 0.25) is 0 Å². The highest BCUT2D eigenvalue weighted by molar-refractivity contribution is 5.85. The molecule has 9 heteroatoms. The Morgan fingerprint density at radius 2 is 2.08 bits per heavy atom. The number of halogens is 1. The van der Waals surface area contributed by atoms with Crippen LogP contribution in [0, 0.1) is 0 Å². The summed E-state index contributed by atoms with van der Waals surface area (Å²) in [6, 6.07) is 5.28. The van der Waals surface area contributed by atoms with Gasteiger partial charge in [-0.25, -0.2) is 0 Å². The van der Waals surface area contributed by atoms with E-state index in [1.807, 2.05) is 0 Å². The quantitative estimate of drug-likeness (QED) is 0.627. The van der Waals surface area contributed by atoms with Gasteiger partial charge < -0.3 is 24.6 Å². The summed E-state index contributed by atoms with van der Waals surface area (Å²) in [6.45, 7) is 1.38. The molecule has 0 radical (unpaired) electrons. The summed E-state index contributed by atoms with van der Waals surface area (Å²) in [5, 5.41) is 11.3. The molecule has 1 aliphatic heterocycles. The summed E-state index contributed by atoms with van der Waals surface area (Å²) >= 11 is 0. The Morgan fingerprint density at radius 1 is 1.33 bits per heavy atom. The van der Waals surface area contributed by atoms with Crippen molar-refractivity contribution in [2.45, 2.75) is 6.42 Å². The molecule has 0 aromatic heterocycles. The van der Waals surface area contributed by atoms with Crippen molar-refractivity contribution in [2.24, 2.45) is 0 Å². The van der Waals surface area contributed by atoms with E-state index in [1.165, 1.54) is 0 Å². The first kappa shape index (κ1) is 19.9. The molecule has 0 saturated heterocycles. The van der Waals surface area contributed by atoms with E-state index in [4.69, 9.17) is 19.3 Å². The SMILES string of the molecule is CN(CCC(=O)O)CC(=O)NCCOc1ccc2c(c1)OCO2.Cl. The van der Waals surface area contributed by atoms with Gasteiger partial charge in [-0.15, -0.1) is 12.4 Å². The summed E-state index contributed by atoms with van der Waals surface area (Å²) < 4.78 is 16.0. The molecule has 0 bridgehead atoms. The van der Waals surface area contributed by atoms with Gasteiger partial charge in [0.05, 0.1) is 19.5 Å². The van der Waals surface area contributed by atoms with Crippen molar-refractivity contribution in [1.29, 1.82) is 0 Å². The van der Waals surface area contributed by atoms with Gasteiger partial charge in [0.25, 0.3) is 0 Å². The van der Waals surface area contributed by atoms with Gasteiger partial charge in [-0.3, -0.25) is 14.5 Å². The fraction of sp³-hybridized carbons (Fsp3) is 0.467. The number of carbonyl (C=O) groups is 2. The fourth-order valence-electron chi connectivity index (χ4n) is 1.99. The molecular formula is C15H21ClN2O6. The maximum atomic E-state index is 11.7. The first-order valence-corrected chi connectivity index (χ1v) is 7.24. The number of nitrogens with one attached hydrogen (secondary N) is 1. The Balaban J connectivity index is 0.00000288. The molecular weight excluding hydrogens is 340 g/mol. The van der Waals surface area contributed by atoms with Gasteiger partial charge in [-0.05, 0) is 19.2 Å². The van der Waals surface area contributed by atoms with E-state index >= 15 is 0 Å². The minimum atomic E-state index is -0.880. The molecule has 0 aliphatic carbocycles. The van der Waals surface area contributed by atoms with Crippen molar-refractivity contribution in [1.82, 2.24) is 10.2 Å². The van der Waals surface area contributed by atoms with E-state index < -0.39 is 5.97 Å². The van der Waals surface area contributed by atoms with Gasteiger partial charge in [0, 0.05) is 12.6 Å². The van der Waals surface area contributed by atoms with Gasteiger partial charge >= 0.3 is 5.97 Å². The second-order valence-corrected chi connectivity index (χ2v) is 5.10. The van der Waals surface area contributed by atoms with Crippen LogP contribution in [0.5, 0.6) is 17.2 Å². The first-order valence-electron chi connectivity index (χ1n) is 7.24. The van der Waals surface area contributed by atoms with E-state index in [-0.39, 0.29) is 38.1 Å². The molecule has 0 saturated carbocycles. The van der Waals surface area contributed by atoms with Crippen molar-refractivity contribution in [3.63, 3.8) is 0 Å². The monoisotopic (exact) mass is 360 g/mol. The number of ether oxygens (including phenoxy) is 3. The average molecular weight is 361 g/mol. The Kier molecular flexibility index (Phi) is 8.14. The van der Waals surface area contributed by atoms with Crippen molar-refractivity contribution in [2.75, 3.05) is 40.1 Å². The largest absolute Gasteiger partial charge is 0.492 e. The minimum absolute atomic E-state index is 0. The van der Waals surface area contributed by atoms with Gasteiger partial charge in [-0.1, -0.05) is 0 Å². The summed E-state index contributed by atoms with van der Waals surface area (Å²) in [7, 11) is 1.70. The van der Waals surface area contributed by atoms with E-state index in [0.717, 1.165) is 0 Å². The van der Waals surface area contributed by atoms with Crippen molar-refractivity contribution in [3.05, 3.63) is 18.2 Å². The van der Waals surface area contributed by atoms with Crippen molar-refractivity contribution in [3.8, 4) is 17.2 Å². The zero-order valence-corrected chi connectivity index (χ0v) is 14.1. The third-order valence-corrected chi connectivity index (χ3v) is 3.16. The van der Waals surface area contributed by atoms with Crippen LogP contribution in [0.15, 0.2) is 18.2 Å². The molecule has 134 valence electrons. The zero-order chi connectivity index (χ0) is 16.7. The topological polar surface area (TPSA) is 97.3 Å². The Morgan fingerprint density at radius 3 is 2.83 bits per heavy atom. The molecule has 1 aliphatic rings. The third kappa shape index (κ3) is 6.51. The molecule has 1 aromatic carbocycles. The lowest BCUT2D eigenvalue weighted by molar-refractivity contribution is -0.137. The zero-order valence-electron chi connectivity index (χ0n) is 13.3. The highest BCUT2D eigenvalue weighted by Gasteiger charge is 2.13. The van der Waals surface area contributed by atoms with Crippen LogP contribution < -0.4 is 19.5 Å². The summed E-state index contributed by atoms with van der Waals surface area (Å²) in [5.41, 5.74) is 0. The molecule has 0 unspecified atom stereocenters. The molecule has 2 rings (SSSR count). The lowest BCUT2D eigenvalue weighted by Gasteiger charge is -2.15. The number of amides is 1. The van der Waals surface area contributed by atoms with Crippen LogP contribution in [0.25, 0.3) is 0 Å². The molecule has 2 N–H and O–H groups in total. The van der Waals surface area contributed by atoms with Crippen LogP contribution in [-0.2, 0) is 9.59 Å². The summed E-state index contributed by atoms with van der Waals surface area (Å²) in [4.78, 5) is 23.8. The van der Waals surface area contributed by atoms with E-state index in [0.29, 0.717) is 36.9 Å². The lowest BCUT2D eigenvalue weighted by Crippen LogP contribution is -2.37. The Bertz CT molecular complexity index is 569. The normalized spacial score (nSPS) is 11.8. The number of hydrogen-bond acceptors (Lipinski definition) is 6. The van der Waals surface area contributed by atoms with E-state index in [2.05, 4.69) is 5.32 Å². The number of carboxylic acid groups (broad SMARTS) is 1. The van der Waals surface area contributed by atoms with Crippen LogP contribution >= 0.6 is 12.4 Å². The van der Waals surface area contributed by atoms with Crippen LogP contribution in [0.3, 0.4) is 0 Å². The van der Waals surface area contributed by atoms with Crippen LogP contribution in [-0.4, -0.2) is 62.0 Å². The molecule has 24 heavy (non-hydrogen) atoms. The smallest absolute Gasteiger partial charge is 0.304 e. The number of carbonyl (C=O) groups excluding carboxylic acids is 1. The first-order chi connectivity index (χ1) is 11.0. The number of fused-ring (bicyclic) bond motifs is 1.